The fourth-order valence-electron chi connectivity index (χ4n) is 3.12. The Balaban J connectivity index is 1.44. The summed E-state index contributed by atoms with van der Waals surface area (Å²) in [5.74, 6) is 0.371. The van der Waals surface area contributed by atoms with Crippen molar-refractivity contribution in [2.24, 2.45) is 0 Å². The van der Waals surface area contributed by atoms with Crippen molar-refractivity contribution in [3.8, 4) is 0 Å². The third-order valence-corrected chi connectivity index (χ3v) is 8.41. The minimum Gasteiger partial charge on any atom is -0.296 e. The molecule has 0 spiro atoms. The first kappa shape index (κ1) is 23.9. The van der Waals surface area contributed by atoms with Gasteiger partial charge in [0, 0.05) is 11.3 Å². The maximum atomic E-state index is 12.9. The summed E-state index contributed by atoms with van der Waals surface area (Å²) in [6.07, 6.45) is 0. The van der Waals surface area contributed by atoms with E-state index in [4.69, 9.17) is 0 Å². The van der Waals surface area contributed by atoms with Crippen LogP contribution in [0.3, 0.4) is 0 Å². The number of aryl methyl sites for hydroxylation is 1. The van der Waals surface area contributed by atoms with Crippen molar-refractivity contribution in [2.45, 2.75) is 28.8 Å². The standard InChI is InChI=1S/C24H22N4O3S3/c1-16-11-13-19(14-12-16)34(30,31)28-21-10-6-9-20(17(21)2)22(29)25-23-26-27-24(33-23)32-15-18-7-4-3-5-8-18/h3-14,28H,15H2,1-2H3,(H,25,26,29). The first-order valence-corrected chi connectivity index (χ1v) is 13.6. The molecule has 0 aliphatic rings. The highest BCUT2D eigenvalue weighted by Crippen LogP contribution is 2.29. The molecule has 0 aliphatic carbocycles. The SMILES string of the molecule is Cc1ccc(S(=O)(=O)Nc2cccc(C(=O)Nc3nnc(SCc4ccccc4)s3)c2C)cc1. The molecule has 1 heterocycles. The van der Waals surface area contributed by atoms with Gasteiger partial charge in [-0.25, -0.2) is 8.42 Å². The topological polar surface area (TPSA) is 101 Å². The summed E-state index contributed by atoms with van der Waals surface area (Å²) in [6.45, 7) is 3.59. The van der Waals surface area contributed by atoms with E-state index in [2.05, 4.69) is 20.2 Å². The molecule has 4 rings (SSSR count). The molecule has 10 heteroatoms. The van der Waals surface area contributed by atoms with Crippen LogP contribution in [0.4, 0.5) is 10.8 Å². The van der Waals surface area contributed by atoms with Gasteiger partial charge in [0.05, 0.1) is 10.6 Å². The quantitative estimate of drug-likeness (QED) is 0.240. The number of carbonyl (C=O) groups is 1. The Morgan fingerprint density at radius 1 is 0.941 bits per heavy atom. The Morgan fingerprint density at radius 2 is 1.68 bits per heavy atom. The van der Waals surface area contributed by atoms with E-state index in [1.807, 2.05) is 37.3 Å². The van der Waals surface area contributed by atoms with Crippen molar-refractivity contribution in [1.29, 1.82) is 0 Å². The van der Waals surface area contributed by atoms with Crippen LogP contribution in [0.15, 0.2) is 82.0 Å². The molecule has 0 atom stereocenters. The molecule has 1 aromatic heterocycles. The molecule has 0 unspecified atom stereocenters. The molecule has 34 heavy (non-hydrogen) atoms. The van der Waals surface area contributed by atoms with Gasteiger partial charge in [-0.05, 0) is 49.2 Å². The van der Waals surface area contributed by atoms with Gasteiger partial charge in [0.2, 0.25) is 5.13 Å². The molecule has 4 aromatic rings. The fourth-order valence-corrected chi connectivity index (χ4v) is 5.94. The Hall–Kier alpha value is -3.21. The van der Waals surface area contributed by atoms with Crippen LogP contribution in [0.25, 0.3) is 0 Å². The minimum absolute atomic E-state index is 0.154. The third kappa shape index (κ3) is 5.82. The smallest absolute Gasteiger partial charge is 0.261 e. The van der Waals surface area contributed by atoms with Gasteiger partial charge in [-0.3, -0.25) is 14.8 Å². The number of nitrogens with zero attached hydrogens (tertiary/aromatic N) is 2. The number of amides is 1. The van der Waals surface area contributed by atoms with E-state index in [-0.39, 0.29) is 10.8 Å². The molecular weight excluding hydrogens is 488 g/mol. The summed E-state index contributed by atoms with van der Waals surface area (Å²) < 4.78 is 28.9. The van der Waals surface area contributed by atoms with Crippen molar-refractivity contribution in [3.05, 3.63) is 95.1 Å². The summed E-state index contributed by atoms with van der Waals surface area (Å²) in [6, 6.07) is 21.5. The zero-order chi connectivity index (χ0) is 24.1. The first-order chi connectivity index (χ1) is 16.3. The molecule has 7 nitrogen and oxygen atoms in total. The Bertz CT molecular complexity index is 1400. The zero-order valence-electron chi connectivity index (χ0n) is 18.5. The highest BCUT2D eigenvalue weighted by atomic mass is 32.2. The molecule has 1 amide bonds. The summed E-state index contributed by atoms with van der Waals surface area (Å²) in [4.78, 5) is 13.0. The van der Waals surface area contributed by atoms with Crippen LogP contribution in [-0.2, 0) is 15.8 Å². The van der Waals surface area contributed by atoms with Gasteiger partial charge < -0.3 is 0 Å². The molecule has 2 N–H and O–H groups in total. The van der Waals surface area contributed by atoms with E-state index in [1.165, 1.54) is 16.9 Å². The second-order valence-electron chi connectivity index (χ2n) is 7.50. The van der Waals surface area contributed by atoms with E-state index in [0.717, 1.165) is 15.7 Å². The zero-order valence-corrected chi connectivity index (χ0v) is 20.9. The van der Waals surface area contributed by atoms with E-state index < -0.39 is 10.0 Å². The van der Waals surface area contributed by atoms with Gasteiger partial charge in [0.25, 0.3) is 15.9 Å². The summed E-state index contributed by atoms with van der Waals surface area (Å²) >= 11 is 2.84. The molecule has 0 fully saturated rings. The van der Waals surface area contributed by atoms with E-state index in [1.54, 1.807) is 61.2 Å². The van der Waals surface area contributed by atoms with Crippen molar-refractivity contribution in [1.82, 2.24) is 10.2 Å². The van der Waals surface area contributed by atoms with Crippen LogP contribution < -0.4 is 10.0 Å². The van der Waals surface area contributed by atoms with Crippen LogP contribution in [-0.4, -0.2) is 24.5 Å². The van der Waals surface area contributed by atoms with Crippen LogP contribution in [0, 0.1) is 13.8 Å². The van der Waals surface area contributed by atoms with Gasteiger partial charge in [0.1, 0.15) is 0 Å². The number of anilines is 2. The molecule has 174 valence electrons. The fraction of sp³-hybridized carbons (Fsp3) is 0.125. The van der Waals surface area contributed by atoms with Crippen LogP contribution in [0.5, 0.6) is 0 Å². The number of sulfonamides is 1. The molecule has 0 saturated heterocycles. The summed E-state index contributed by atoms with van der Waals surface area (Å²) in [5, 5.41) is 11.3. The third-order valence-electron chi connectivity index (χ3n) is 4.99. The minimum atomic E-state index is -3.78. The van der Waals surface area contributed by atoms with Crippen molar-refractivity contribution in [2.75, 3.05) is 10.0 Å². The monoisotopic (exact) mass is 510 g/mol. The Kier molecular flexibility index (Phi) is 7.30. The summed E-state index contributed by atoms with van der Waals surface area (Å²) in [7, 11) is -3.78. The number of carbonyl (C=O) groups excluding carboxylic acids is 1. The van der Waals surface area contributed by atoms with Crippen molar-refractivity contribution < 1.29 is 13.2 Å². The molecule has 0 aliphatic heterocycles. The van der Waals surface area contributed by atoms with Crippen LogP contribution in [0.2, 0.25) is 0 Å². The molecule has 0 saturated carbocycles. The Morgan fingerprint density at radius 3 is 2.41 bits per heavy atom. The average molecular weight is 511 g/mol. The highest BCUT2D eigenvalue weighted by Gasteiger charge is 2.19. The molecule has 3 aromatic carbocycles. The highest BCUT2D eigenvalue weighted by molar-refractivity contribution is 8.00. The van der Waals surface area contributed by atoms with E-state index in [9.17, 15) is 13.2 Å². The lowest BCUT2D eigenvalue weighted by molar-refractivity contribution is 0.102. The number of rotatable bonds is 8. The number of hydrogen-bond donors (Lipinski definition) is 2. The number of aromatic nitrogens is 2. The first-order valence-electron chi connectivity index (χ1n) is 10.3. The normalized spacial score (nSPS) is 11.2. The lowest BCUT2D eigenvalue weighted by Crippen LogP contribution is -2.17. The predicted molar refractivity (Wildman–Crippen MR) is 137 cm³/mol. The molecule has 0 bridgehead atoms. The summed E-state index contributed by atoms with van der Waals surface area (Å²) in [5.41, 5.74) is 3.34. The number of thioether (sulfide) groups is 1. The van der Waals surface area contributed by atoms with E-state index in [0.29, 0.717) is 21.9 Å². The second kappa shape index (κ2) is 10.4. The predicted octanol–water partition coefficient (Wildman–Crippen LogP) is 5.50. The maximum absolute atomic E-state index is 12.9. The lowest BCUT2D eigenvalue weighted by atomic mass is 10.1. The van der Waals surface area contributed by atoms with Crippen LogP contribution in [0.1, 0.15) is 27.0 Å². The van der Waals surface area contributed by atoms with Crippen molar-refractivity contribution >= 4 is 49.8 Å². The lowest BCUT2D eigenvalue weighted by Gasteiger charge is -2.13. The van der Waals surface area contributed by atoms with Crippen LogP contribution >= 0.6 is 23.1 Å². The van der Waals surface area contributed by atoms with Gasteiger partial charge >= 0.3 is 0 Å². The number of nitrogens with one attached hydrogen (secondary N) is 2. The molecular formula is C24H22N4O3S3. The average Bonchev–Trinajstić information content (AvgIpc) is 3.27. The maximum Gasteiger partial charge on any atom is 0.261 e. The van der Waals surface area contributed by atoms with Gasteiger partial charge in [0.15, 0.2) is 4.34 Å². The van der Waals surface area contributed by atoms with E-state index >= 15 is 0 Å². The van der Waals surface area contributed by atoms with Crippen molar-refractivity contribution in [3.63, 3.8) is 0 Å². The van der Waals surface area contributed by atoms with Gasteiger partial charge in [-0.1, -0.05) is 77.2 Å². The Labute approximate surface area is 206 Å². The largest absolute Gasteiger partial charge is 0.296 e. The second-order valence-corrected chi connectivity index (χ2v) is 11.4. The number of hydrogen-bond acceptors (Lipinski definition) is 7. The number of benzene rings is 3. The van der Waals surface area contributed by atoms with Gasteiger partial charge in [-0.15, -0.1) is 10.2 Å². The molecule has 0 radical (unpaired) electrons. The van der Waals surface area contributed by atoms with Gasteiger partial charge in [-0.2, -0.15) is 0 Å².